The van der Waals surface area contributed by atoms with Gasteiger partial charge < -0.3 is 9.64 Å². The van der Waals surface area contributed by atoms with Crippen molar-refractivity contribution in [3.8, 4) is 0 Å². The average Bonchev–Trinajstić information content (AvgIpc) is 2.41. The Balaban J connectivity index is 1.62. The Morgan fingerprint density at radius 3 is 2.30 bits per heavy atom. The van der Waals surface area contributed by atoms with Gasteiger partial charge in [0.05, 0.1) is 5.69 Å². The average molecular weight is 403 g/mol. The molecule has 3 rings (SSSR count). The standard InChI is InChI=1S/C17H23F2N3O4S/c1-11-13(6-5-12(20-11)14(18)19)27(24,25)22-9-17(10-22)7-21(8-17)15(23)26-16(2,3)4/h5-6,14H,7-10H2,1-4H3. The first kappa shape index (κ1) is 19.9. The van der Waals surface area contributed by atoms with Gasteiger partial charge >= 0.3 is 6.09 Å². The molecule has 2 aliphatic rings. The molecule has 0 N–H and O–H groups in total. The summed E-state index contributed by atoms with van der Waals surface area (Å²) in [4.78, 5) is 17.2. The zero-order valence-corrected chi connectivity index (χ0v) is 16.5. The van der Waals surface area contributed by atoms with Crippen LogP contribution in [0.2, 0.25) is 0 Å². The number of carbonyl (C=O) groups excluding carboxylic acids is 1. The van der Waals surface area contributed by atoms with Crippen LogP contribution < -0.4 is 0 Å². The molecule has 2 fully saturated rings. The van der Waals surface area contributed by atoms with E-state index in [-0.39, 0.29) is 29.1 Å². The Hall–Kier alpha value is -1.81. The van der Waals surface area contributed by atoms with Crippen LogP contribution in [0.15, 0.2) is 17.0 Å². The molecule has 0 atom stereocenters. The summed E-state index contributed by atoms with van der Waals surface area (Å²) in [6.45, 7) is 8.21. The summed E-state index contributed by atoms with van der Waals surface area (Å²) >= 11 is 0. The zero-order valence-electron chi connectivity index (χ0n) is 15.7. The Morgan fingerprint density at radius 1 is 1.22 bits per heavy atom. The Bertz CT molecular complexity index is 853. The fourth-order valence-corrected chi connectivity index (χ4v) is 5.22. The molecule has 27 heavy (non-hydrogen) atoms. The molecule has 0 bridgehead atoms. The molecule has 0 radical (unpaired) electrons. The van der Waals surface area contributed by atoms with E-state index < -0.39 is 33.8 Å². The minimum absolute atomic E-state index is 0.0535. The van der Waals surface area contributed by atoms with Crippen LogP contribution in [0.1, 0.15) is 38.6 Å². The van der Waals surface area contributed by atoms with Crippen LogP contribution in [0.4, 0.5) is 13.6 Å². The third kappa shape index (κ3) is 3.77. The van der Waals surface area contributed by atoms with E-state index in [4.69, 9.17) is 4.74 Å². The first-order valence-corrected chi connectivity index (χ1v) is 10.0. The SMILES string of the molecule is Cc1nc(C(F)F)ccc1S(=O)(=O)N1CC2(CN(C(=O)OC(C)(C)C)C2)C1. The number of hydrogen-bond acceptors (Lipinski definition) is 5. The molecule has 1 amide bonds. The smallest absolute Gasteiger partial charge is 0.410 e. The summed E-state index contributed by atoms with van der Waals surface area (Å²) in [6, 6.07) is 2.21. The van der Waals surface area contributed by atoms with Crippen LogP contribution in [0.25, 0.3) is 0 Å². The van der Waals surface area contributed by atoms with Crippen LogP contribution in [0.3, 0.4) is 0 Å². The van der Waals surface area contributed by atoms with Crippen LogP contribution in [0, 0.1) is 12.3 Å². The van der Waals surface area contributed by atoms with Gasteiger partial charge in [-0.25, -0.2) is 22.0 Å². The van der Waals surface area contributed by atoms with Gasteiger partial charge in [0.2, 0.25) is 10.0 Å². The van der Waals surface area contributed by atoms with Gasteiger partial charge in [-0.1, -0.05) is 0 Å². The van der Waals surface area contributed by atoms with E-state index >= 15 is 0 Å². The maximum absolute atomic E-state index is 12.7. The van der Waals surface area contributed by atoms with Crippen molar-refractivity contribution >= 4 is 16.1 Å². The van der Waals surface area contributed by atoms with Crippen molar-refractivity contribution in [3.05, 3.63) is 23.5 Å². The number of aromatic nitrogens is 1. The van der Waals surface area contributed by atoms with Gasteiger partial charge in [-0.2, -0.15) is 4.31 Å². The Labute approximate surface area is 157 Å². The first-order valence-electron chi connectivity index (χ1n) is 8.57. The summed E-state index contributed by atoms with van der Waals surface area (Å²) in [6.07, 6.45) is -3.15. The normalized spacial score (nSPS) is 19.7. The van der Waals surface area contributed by atoms with Crippen LogP contribution in [-0.4, -0.2) is 60.5 Å². The predicted molar refractivity (Wildman–Crippen MR) is 92.9 cm³/mol. The van der Waals surface area contributed by atoms with Gasteiger partial charge in [-0.05, 0) is 39.8 Å². The number of sulfonamides is 1. The van der Waals surface area contributed by atoms with E-state index in [2.05, 4.69) is 4.98 Å². The monoisotopic (exact) mass is 403 g/mol. The summed E-state index contributed by atoms with van der Waals surface area (Å²) in [7, 11) is -3.80. The largest absolute Gasteiger partial charge is 0.444 e. The number of pyridine rings is 1. The van der Waals surface area contributed by atoms with Crippen molar-refractivity contribution in [1.82, 2.24) is 14.2 Å². The van der Waals surface area contributed by atoms with Gasteiger partial charge in [-0.15, -0.1) is 0 Å². The number of nitrogens with zero attached hydrogens (tertiary/aromatic N) is 3. The lowest BCUT2D eigenvalue weighted by atomic mass is 9.75. The minimum Gasteiger partial charge on any atom is -0.444 e. The second-order valence-corrected chi connectivity index (χ2v) is 10.1. The van der Waals surface area contributed by atoms with Crippen molar-refractivity contribution < 1.29 is 26.7 Å². The Kier molecular flexibility index (Phi) is 4.70. The van der Waals surface area contributed by atoms with Crippen molar-refractivity contribution in [1.29, 1.82) is 0 Å². The van der Waals surface area contributed by atoms with Crippen molar-refractivity contribution in [2.24, 2.45) is 5.41 Å². The quantitative estimate of drug-likeness (QED) is 0.775. The highest BCUT2D eigenvalue weighted by molar-refractivity contribution is 7.89. The number of ether oxygens (including phenoxy) is 1. The number of likely N-dealkylation sites (tertiary alicyclic amines) is 1. The molecular formula is C17H23F2N3O4S. The molecule has 7 nitrogen and oxygen atoms in total. The second-order valence-electron chi connectivity index (χ2n) is 8.23. The van der Waals surface area contributed by atoms with Crippen molar-refractivity contribution in [2.45, 2.75) is 44.6 Å². The molecule has 0 saturated carbocycles. The van der Waals surface area contributed by atoms with Gasteiger partial charge in [0.1, 0.15) is 16.2 Å². The molecule has 2 aliphatic heterocycles. The molecule has 0 aliphatic carbocycles. The van der Waals surface area contributed by atoms with E-state index in [1.54, 1.807) is 25.7 Å². The minimum atomic E-state index is -3.80. The molecule has 2 saturated heterocycles. The van der Waals surface area contributed by atoms with Crippen LogP contribution in [0.5, 0.6) is 0 Å². The first-order chi connectivity index (χ1) is 12.3. The number of amides is 1. The van der Waals surface area contributed by atoms with Crippen molar-refractivity contribution in [3.63, 3.8) is 0 Å². The second kappa shape index (κ2) is 6.37. The predicted octanol–water partition coefficient (Wildman–Crippen LogP) is 2.57. The topological polar surface area (TPSA) is 79.8 Å². The van der Waals surface area contributed by atoms with E-state index in [0.29, 0.717) is 13.1 Å². The molecule has 1 spiro atoms. The fourth-order valence-electron chi connectivity index (χ4n) is 3.39. The molecule has 0 aromatic carbocycles. The maximum Gasteiger partial charge on any atom is 0.410 e. The van der Waals surface area contributed by atoms with E-state index in [0.717, 1.165) is 6.07 Å². The Morgan fingerprint density at radius 2 is 1.81 bits per heavy atom. The summed E-state index contributed by atoms with van der Waals surface area (Å²) in [5.41, 5.74) is -1.23. The molecule has 0 unspecified atom stereocenters. The summed E-state index contributed by atoms with van der Waals surface area (Å²) < 4.78 is 57.5. The van der Waals surface area contributed by atoms with Gasteiger partial charge in [0.25, 0.3) is 6.43 Å². The van der Waals surface area contributed by atoms with Crippen LogP contribution >= 0.6 is 0 Å². The molecule has 1 aromatic heterocycles. The highest BCUT2D eigenvalue weighted by atomic mass is 32.2. The summed E-state index contributed by atoms with van der Waals surface area (Å²) in [5.74, 6) is 0. The van der Waals surface area contributed by atoms with E-state index in [9.17, 15) is 22.0 Å². The molecule has 150 valence electrons. The molecule has 10 heteroatoms. The van der Waals surface area contributed by atoms with Crippen LogP contribution in [-0.2, 0) is 14.8 Å². The highest BCUT2D eigenvalue weighted by Crippen LogP contribution is 2.43. The summed E-state index contributed by atoms with van der Waals surface area (Å²) in [5, 5.41) is 0. The third-order valence-corrected chi connectivity index (χ3v) is 6.55. The number of carbonyl (C=O) groups is 1. The maximum atomic E-state index is 12.7. The lowest BCUT2D eigenvalue weighted by molar-refractivity contribution is -0.0839. The third-order valence-electron chi connectivity index (χ3n) is 4.63. The fraction of sp³-hybridized carbons (Fsp3) is 0.647. The number of rotatable bonds is 3. The zero-order chi connectivity index (χ0) is 20.2. The van der Waals surface area contributed by atoms with Crippen molar-refractivity contribution in [2.75, 3.05) is 26.2 Å². The number of alkyl halides is 2. The highest BCUT2D eigenvalue weighted by Gasteiger charge is 2.57. The molecule has 3 heterocycles. The lowest BCUT2D eigenvalue weighted by Gasteiger charge is -2.58. The lowest BCUT2D eigenvalue weighted by Crippen LogP contribution is -2.73. The number of halogens is 2. The van der Waals surface area contributed by atoms with Gasteiger partial charge in [-0.3, -0.25) is 4.98 Å². The van der Waals surface area contributed by atoms with E-state index in [1.165, 1.54) is 17.3 Å². The molecular weight excluding hydrogens is 380 g/mol. The number of hydrogen-bond donors (Lipinski definition) is 0. The van der Waals surface area contributed by atoms with Gasteiger partial charge in [0, 0.05) is 31.6 Å². The van der Waals surface area contributed by atoms with Gasteiger partial charge in [0.15, 0.2) is 0 Å². The number of aryl methyl sites for hydroxylation is 1. The van der Waals surface area contributed by atoms with E-state index in [1.807, 2.05) is 0 Å². The molecule has 1 aromatic rings.